The average Bonchev–Trinajstić information content (AvgIpc) is 3.35. The summed E-state index contributed by atoms with van der Waals surface area (Å²) in [5, 5.41) is 2.64. The van der Waals surface area contributed by atoms with Crippen molar-refractivity contribution in [2.24, 2.45) is 0 Å². The average molecular weight is 1020 g/mol. The maximum absolute atomic E-state index is 14.2. The number of aromatic nitrogens is 3. The lowest BCUT2D eigenvalue weighted by atomic mass is 10.2. The van der Waals surface area contributed by atoms with Gasteiger partial charge in [0.2, 0.25) is 0 Å². The van der Waals surface area contributed by atoms with Gasteiger partial charge in [-0.3, -0.25) is 0 Å². The zero-order chi connectivity index (χ0) is 49.5. The van der Waals surface area contributed by atoms with Crippen molar-refractivity contribution in [1.29, 1.82) is 0 Å². The van der Waals surface area contributed by atoms with Gasteiger partial charge in [0, 0.05) is 46.2 Å². The summed E-state index contributed by atoms with van der Waals surface area (Å²) in [6.45, 7) is 18.7. The van der Waals surface area contributed by atoms with Crippen LogP contribution in [0.5, 0.6) is 0 Å². The highest BCUT2D eigenvalue weighted by Crippen LogP contribution is 2.24. The molecule has 0 spiro atoms. The van der Waals surface area contributed by atoms with Crippen LogP contribution < -0.4 is 33.0 Å². The first-order valence-corrected chi connectivity index (χ1v) is 27.4. The van der Waals surface area contributed by atoms with Crippen LogP contribution >= 0.6 is 26.4 Å². The molecule has 0 fully saturated rings. The van der Waals surface area contributed by atoms with E-state index in [9.17, 15) is 14.4 Å². The monoisotopic (exact) mass is 1020 g/mol. The van der Waals surface area contributed by atoms with E-state index in [1.54, 1.807) is 20.8 Å². The molecular formula is C51H78N3O12P3. The van der Waals surface area contributed by atoms with E-state index in [4.69, 9.17) is 42.0 Å². The van der Waals surface area contributed by atoms with E-state index >= 15 is 0 Å². The summed E-state index contributed by atoms with van der Waals surface area (Å²) in [4.78, 5) is 42.7. The molecule has 15 nitrogen and oxygen atoms in total. The SMILES string of the molecule is CCCCOCCOCCc1ccc(POC(C)n2c(=O)n(C(C)OPc3ccc(CCOCCOCCCC)cc3)c(=O)n(C(C)OPc3ccc(CCOCCOCCCC)cc3)c2=O)cc1. The molecule has 1 aromatic heterocycles. The third kappa shape index (κ3) is 22.1. The van der Waals surface area contributed by atoms with Crippen molar-refractivity contribution in [3.8, 4) is 0 Å². The first-order chi connectivity index (χ1) is 33.7. The highest BCUT2D eigenvalue weighted by atomic mass is 31.1. The summed E-state index contributed by atoms with van der Waals surface area (Å²) in [6, 6.07) is 23.9. The van der Waals surface area contributed by atoms with Crippen molar-refractivity contribution >= 4 is 42.3 Å². The van der Waals surface area contributed by atoms with Gasteiger partial charge in [0.15, 0.2) is 0 Å². The molecule has 0 bridgehead atoms. The molecule has 6 unspecified atom stereocenters. The molecular weight excluding hydrogens is 939 g/mol. The second-order valence-corrected chi connectivity index (χ2v) is 19.5. The van der Waals surface area contributed by atoms with Crippen LogP contribution in [-0.4, -0.2) is 93.0 Å². The van der Waals surface area contributed by atoms with Crippen molar-refractivity contribution in [3.63, 3.8) is 0 Å². The summed E-state index contributed by atoms with van der Waals surface area (Å²) in [6.07, 6.45) is 5.62. The summed E-state index contributed by atoms with van der Waals surface area (Å²) in [5.41, 5.74) is 0.808. The zero-order valence-electron chi connectivity index (χ0n) is 41.8. The Hall–Kier alpha value is -3.00. The molecule has 4 aromatic rings. The molecule has 0 radical (unpaired) electrons. The van der Waals surface area contributed by atoms with Crippen LogP contribution in [0.2, 0.25) is 0 Å². The van der Waals surface area contributed by atoms with E-state index in [0.29, 0.717) is 59.5 Å². The fourth-order valence-corrected chi connectivity index (χ4v) is 8.78. The van der Waals surface area contributed by atoms with Crippen molar-refractivity contribution < 1.29 is 42.0 Å². The van der Waals surface area contributed by atoms with Gasteiger partial charge < -0.3 is 42.0 Å². The van der Waals surface area contributed by atoms with Gasteiger partial charge in [0.25, 0.3) is 0 Å². The Morgan fingerprint density at radius 1 is 0.362 bits per heavy atom. The molecule has 4 rings (SSSR count). The lowest BCUT2D eigenvalue weighted by Gasteiger charge is -2.24. The number of ether oxygens (including phenoxy) is 6. The highest BCUT2D eigenvalue weighted by molar-refractivity contribution is 7.42. The predicted molar refractivity (Wildman–Crippen MR) is 281 cm³/mol. The minimum absolute atomic E-state index is 0.190. The third-order valence-corrected chi connectivity index (χ3v) is 14.0. The molecule has 3 aromatic carbocycles. The van der Waals surface area contributed by atoms with Gasteiger partial charge >= 0.3 is 17.1 Å². The number of rotatable bonds is 39. The number of hydrogen-bond donors (Lipinski definition) is 0. The Kier molecular flexibility index (Phi) is 29.9. The Labute approximate surface area is 414 Å². The number of benzene rings is 3. The van der Waals surface area contributed by atoms with Crippen molar-refractivity contribution in [3.05, 3.63) is 121 Å². The molecule has 69 heavy (non-hydrogen) atoms. The molecule has 6 atom stereocenters. The lowest BCUT2D eigenvalue weighted by Crippen LogP contribution is -2.57. The maximum Gasteiger partial charge on any atom is 0.340 e. The fraction of sp³-hybridized carbons (Fsp3) is 0.588. The molecule has 0 N–H and O–H groups in total. The van der Waals surface area contributed by atoms with E-state index in [2.05, 4.69) is 20.8 Å². The Morgan fingerprint density at radius 2 is 0.594 bits per heavy atom. The van der Waals surface area contributed by atoms with Crippen LogP contribution in [0.3, 0.4) is 0 Å². The molecule has 1 heterocycles. The fourth-order valence-electron chi connectivity index (χ4n) is 6.64. The van der Waals surface area contributed by atoms with Crippen molar-refractivity contribution in [2.45, 2.75) is 118 Å². The van der Waals surface area contributed by atoms with E-state index in [1.165, 1.54) is 0 Å². The molecule has 0 saturated carbocycles. The van der Waals surface area contributed by atoms with Gasteiger partial charge in [-0.25, -0.2) is 28.1 Å². The molecule has 0 aliphatic carbocycles. The second kappa shape index (κ2) is 35.2. The Bertz CT molecular complexity index is 1880. The van der Waals surface area contributed by atoms with E-state index in [1.807, 2.05) is 72.8 Å². The van der Waals surface area contributed by atoms with Crippen molar-refractivity contribution in [2.75, 3.05) is 79.3 Å². The lowest BCUT2D eigenvalue weighted by molar-refractivity contribution is 0.0479. The van der Waals surface area contributed by atoms with Crippen LogP contribution in [0.1, 0.15) is 115 Å². The molecule has 384 valence electrons. The molecule has 0 saturated heterocycles. The van der Waals surface area contributed by atoms with E-state index < -0.39 is 35.8 Å². The van der Waals surface area contributed by atoms with Gasteiger partial charge in [-0.15, -0.1) is 0 Å². The van der Waals surface area contributed by atoms with Crippen LogP contribution in [0, 0.1) is 0 Å². The van der Waals surface area contributed by atoms with Crippen molar-refractivity contribution in [1.82, 2.24) is 13.7 Å². The quantitative estimate of drug-likeness (QED) is 0.0319. The van der Waals surface area contributed by atoms with Gasteiger partial charge in [0.1, 0.15) is 18.7 Å². The topological polar surface area (TPSA) is 149 Å². The van der Waals surface area contributed by atoms with Crippen LogP contribution in [0.15, 0.2) is 87.2 Å². The number of hydrogen-bond acceptors (Lipinski definition) is 12. The second-order valence-electron chi connectivity index (χ2n) is 16.5. The minimum Gasteiger partial charge on any atom is -0.379 e. The van der Waals surface area contributed by atoms with Gasteiger partial charge in [-0.05, 0) is 91.9 Å². The van der Waals surface area contributed by atoms with Gasteiger partial charge in [0.05, 0.1) is 59.5 Å². The molecule has 0 aliphatic heterocycles. The number of nitrogens with zero attached hydrogens (tertiary/aromatic N) is 3. The third-order valence-electron chi connectivity index (χ3n) is 10.9. The van der Waals surface area contributed by atoms with Crippen LogP contribution in [-0.2, 0) is 61.3 Å². The Balaban J connectivity index is 1.42. The Morgan fingerprint density at radius 3 is 0.826 bits per heavy atom. The van der Waals surface area contributed by atoms with Crippen LogP contribution in [0.4, 0.5) is 0 Å². The molecule has 0 amide bonds. The van der Waals surface area contributed by atoms with Crippen LogP contribution in [0.25, 0.3) is 0 Å². The van der Waals surface area contributed by atoms with Gasteiger partial charge in [-0.2, -0.15) is 0 Å². The molecule has 18 heteroatoms. The predicted octanol–water partition coefficient (Wildman–Crippen LogP) is 7.66. The first kappa shape index (κ1) is 58.6. The minimum atomic E-state index is -1.03. The van der Waals surface area contributed by atoms with Gasteiger partial charge in [-0.1, -0.05) is 113 Å². The zero-order valence-corrected chi connectivity index (χ0v) is 44.8. The van der Waals surface area contributed by atoms with E-state index in [0.717, 1.165) is 124 Å². The normalized spacial score (nSPS) is 13.5. The summed E-state index contributed by atoms with van der Waals surface area (Å²) in [5.74, 6) is 0. The largest absolute Gasteiger partial charge is 0.379 e. The summed E-state index contributed by atoms with van der Waals surface area (Å²) < 4.78 is 55.4. The summed E-state index contributed by atoms with van der Waals surface area (Å²) >= 11 is 0. The first-order valence-electron chi connectivity index (χ1n) is 24.6. The van der Waals surface area contributed by atoms with E-state index in [-0.39, 0.29) is 26.4 Å². The molecule has 0 aliphatic rings. The highest BCUT2D eigenvalue weighted by Gasteiger charge is 2.26. The summed E-state index contributed by atoms with van der Waals surface area (Å²) in [7, 11) is -0.571. The standard InChI is InChI=1S/C51H78N3O12P3/c1-7-10-28-58-34-37-61-31-25-43-13-19-46(20-14-43)67-64-40(4)52-49(55)53(41(5)65-68-47-21-15-44(16-22-47)26-32-62-38-35-59-29-11-8-2)51(57)54(50(52)56)42(6)66-69-48-23-17-45(18-24-48)27-33-63-39-36-60-30-12-9-3/h13-24,40-42,67-69H,7-12,25-39H2,1-6H3. The smallest absolute Gasteiger partial charge is 0.340 e. The number of unbranched alkanes of at least 4 members (excludes halogenated alkanes) is 3. The maximum atomic E-state index is 14.2.